The van der Waals surface area contributed by atoms with Gasteiger partial charge in [0.1, 0.15) is 11.6 Å². The Bertz CT molecular complexity index is 614. The van der Waals surface area contributed by atoms with E-state index in [4.69, 9.17) is 0 Å². The number of rotatable bonds is 7. The van der Waals surface area contributed by atoms with E-state index < -0.39 is 0 Å². The van der Waals surface area contributed by atoms with Crippen LogP contribution in [0.1, 0.15) is 36.5 Å². The fourth-order valence-corrected chi connectivity index (χ4v) is 2.00. The molecule has 0 atom stereocenters. The van der Waals surface area contributed by atoms with Crippen molar-refractivity contribution in [2.75, 3.05) is 17.2 Å². The van der Waals surface area contributed by atoms with Crippen LogP contribution in [0.25, 0.3) is 0 Å². The number of hydrogen-bond donors (Lipinski definition) is 2. The van der Waals surface area contributed by atoms with Crippen molar-refractivity contribution in [3.05, 3.63) is 54.0 Å². The Morgan fingerprint density at radius 2 is 1.95 bits per heavy atom. The van der Waals surface area contributed by atoms with Crippen LogP contribution in [0.4, 0.5) is 15.9 Å². The van der Waals surface area contributed by atoms with Gasteiger partial charge in [0, 0.05) is 24.0 Å². The summed E-state index contributed by atoms with van der Waals surface area (Å²) in [5.74, 6) is 0.106. The van der Waals surface area contributed by atoms with Gasteiger partial charge < -0.3 is 10.6 Å². The second-order valence-corrected chi connectivity index (χ2v) is 5.02. The number of benzene rings is 1. The molecular weight excluding hydrogens is 281 g/mol. The third-order valence-corrected chi connectivity index (χ3v) is 3.21. The second-order valence-electron chi connectivity index (χ2n) is 5.02. The topological polar surface area (TPSA) is 54.0 Å². The molecule has 0 radical (unpaired) electrons. The Labute approximate surface area is 129 Å². The third kappa shape index (κ3) is 4.84. The van der Waals surface area contributed by atoms with Gasteiger partial charge in [-0.3, -0.25) is 4.79 Å². The van der Waals surface area contributed by atoms with E-state index in [9.17, 15) is 9.18 Å². The monoisotopic (exact) mass is 301 g/mol. The highest BCUT2D eigenvalue weighted by molar-refractivity contribution is 6.04. The molecule has 116 valence electrons. The quantitative estimate of drug-likeness (QED) is 0.758. The van der Waals surface area contributed by atoms with Gasteiger partial charge in [0.2, 0.25) is 0 Å². The molecule has 2 aromatic rings. The van der Waals surface area contributed by atoms with E-state index in [1.807, 2.05) is 0 Å². The molecule has 1 aromatic heterocycles. The van der Waals surface area contributed by atoms with E-state index in [1.54, 1.807) is 18.3 Å². The largest absolute Gasteiger partial charge is 0.370 e. The maximum Gasteiger partial charge on any atom is 0.255 e. The molecule has 5 heteroatoms. The van der Waals surface area contributed by atoms with Crippen LogP contribution in [-0.2, 0) is 0 Å². The first kappa shape index (κ1) is 15.9. The minimum absolute atomic E-state index is 0.245. The Morgan fingerprint density at radius 3 is 2.68 bits per heavy atom. The Balaban J connectivity index is 1.96. The fraction of sp³-hybridized carbons (Fsp3) is 0.294. The van der Waals surface area contributed by atoms with Crippen LogP contribution in [0, 0.1) is 5.82 Å². The van der Waals surface area contributed by atoms with Gasteiger partial charge in [0.15, 0.2) is 0 Å². The van der Waals surface area contributed by atoms with Crippen LogP contribution < -0.4 is 10.6 Å². The van der Waals surface area contributed by atoms with E-state index in [-0.39, 0.29) is 11.7 Å². The number of anilines is 2. The first-order valence-electron chi connectivity index (χ1n) is 7.46. The maximum atomic E-state index is 12.8. The van der Waals surface area contributed by atoms with Crippen molar-refractivity contribution in [3.63, 3.8) is 0 Å². The van der Waals surface area contributed by atoms with Crippen molar-refractivity contribution >= 4 is 17.4 Å². The number of nitrogens with zero attached hydrogens (tertiary/aromatic N) is 1. The van der Waals surface area contributed by atoms with Crippen LogP contribution in [0.5, 0.6) is 0 Å². The molecule has 0 saturated heterocycles. The standard InChI is InChI=1S/C17H20FN3O/c1-2-3-4-10-19-16-12-13(9-11-20-16)17(22)21-15-7-5-14(18)6-8-15/h5-9,11-12H,2-4,10H2,1H3,(H,19,20)(H,21,22). The molecule has 2 N–H and O–H groups in total. The first-order valence-corrected chi connectivity index (χ1v) is 7.46. The number of halogens is 1. The van der Waals surface area contributed by atoms with Crippen LogP contribution >= 0.6 is 0 Å². The van der Waals surface area contributed by atoms with Gasteiger partial charge in [-0.05, 0) is 42.8 Å². The van der Waals surface area contributed by atoms with Crippen molar-refractivity contribution < 1.29 is 9.18 Å². The lowest BCUT2D eigenvalue weighted by Crippen LogP contribution is -2.13. The lowest BCUT2D eigenvalue weighted by Gasteiger charge is -2.08. The number of nitrogens with one attached hydrogen (secondary N) is 2. The number of carbonyl (C=O) groups excluding carboxylic acids is 1. The van der Waals surface area contributed by atoms with E-state index in [0.29, 0.717) is 17.1 Å². The van der Waals surface area contributed by atoms with Crippen molar-refractivity contribution in [2.24, 2.45) is 0 Å². The number of pyridine rings is 1. The number of unbranched alkanes of at least 4 members (excludes halogenated alkanes) is 2. The smallest absolute Gasteiger partial charge is 0.255 e. The Kier molecular flexibility index (Phi) is 5.89. The summed E-state index contributed by atoms with van der Waals surface area (Å²) in [7, 11) is 0. The highest BCUT2D eigenvalue weighted by Crippen LogP contribution is 2.12. The summed E-state index contributed by atoms with van der Waals surface area (Å²) >= 11 is 0. The van der Waals surface area contributed by atoms with Gasteiger partial charge in [0.05, 0.1) is 0 Å². The van der Waals surface area contributed by atoms with Gasteiger partial charge in [-0.2, -0.15) is 0 Å². The average Bonchev–Trinajstić information content (AvgIpc) is 2.54. The van der Waals surface area contributed by atoms with Crippen LogP contribution in [-0.4, -0.2) is 17.4 Å². The molecule has 0 aliphatic heterocycles. The predicted octanol–water partition coefficient (Wildman–Crippen LogP) is 4.08. The van der Waals surface area contributed by atoms with Crippen molar-refractivity contribution in [1.29, 1.82) is 0 Å². The van der Waals surface area contributed by atoms with Gasteiger partial charge in [-0.15, -0.1) is 0 Å². The lowest BCUT2D eigenvalue weighted by atomic mass is 10.2. The first-order chi connectivity index (χ1) is 10.7. The summed E-state index contributed by atoms with van der Waals surface area (Å²) in [6.45, 7) is 2.99. The lowest BCUT2D eigenvalue weighted by molar-refractivity contribution is 0.102. The normalized spacial score (nSPS) is 10.3. The molecule has 4 nitrogen and oxygen atoms in total. The zero-order valence-electron chi connectivity index (χ0n) is 12.6. The highest BCUT2D eigenvalue weighted by atomic mass is 19.1. The molecule has 22 heavy (non-hydrogen) atoms. The predicted molar refractivity (Wildman–Crippen MR) is 86.6 cm³/mol. The third-order valence-electron chi connectivity index (χ3n) is 3.21. The molecule has 0 spiro atoms. The van der Waals surface area contributed by atoms with Crippen LogP contribution in [0.15, 0.2) is 42.6 Å². The summed E-state index contributed by atoms with van der Waals surface area (Å²) in [5, 5.41) is 5.93. The summed E-state index contributed by atoms with van der Waals surface area (Å²) in [4.78, 5) is 16.4. The summed E-state index contributed by atoms with van der Waals surface area (Å²) in [6.07, 6.45) is 5.00. The van der Waals surface area contributed by atoms with Crippen molar-refractivity contribution in [1.82, 2.24) is 4.98 Å². The minimum Gasteiger partial charge on any atom is -0.370 e. The van der Waals surface area contributed by atoms with Gasteiger partial charge in [-0.1, -0.05) is 19.8 Å². The highest BCUT2D eigenvalue weighted by Gasteiger charge is 2.07. The van der Waals surface area contributed by atoms with Crippen LogP contribution in [0.3, 0.4) is 0 Å². The fourth-order valence-electron chi connectivity index (χ4n) is 2.00. The van der Waals surface area contributed by atoms with Crippen molar-refractivity contribution in [3.8, 4) is 0 Å². The zero-order valence-corrected chi connectivity index (χ0v) is 12.6. The number of aromatic nitrogens is 1. The zero-order chi connectivity index (χ0) is 15.8. The van der Waals surface area contributed by atoms with Gasteiger partial charge in [-0.25, -0.2) is 9.37 Å². The van der Waals surface area contributed by atoms with E-state index in [1.165, 1.54) is 24.3 Å². The molecular formula is C17H20FN3O. The molecule has 0 aliphatic carbocycles. The Hall–Kier alpha value is -2.43. The molecule has 0 saturated carbocycles. The number of hydrogen-bond acceptors (Lipinski definition) is 3. The second kappa shape index (κ2) is 8.12. The van der Waals surface area contributed by atoms with E-state index in [2.05, 4.69) is 22.5 Å². The van der Waals surface area contributed by atoms with Crippen LogP contribution in [0.2, 0.25) is 0 Å². The summed E-state index contributed by atoms with van der Waals surface area (Å²) in [5.41, 5.74) is 1.07. The summed E-state index contributed by atoms with van der Waals surface area (Å²) in [6, 6.07) is 9.03. The molecule has 0 unspecified atom stereocenters. The Morgan fingerprint density at radius 1 is 1.18 bits per heavy atom. The van der Waals surface area contributed by atoms with Crippen molar-refractivity contribution in [2.45, 2.75) is 26.2 Å². The molecule has 1 heterocycles. The van der Waals surface area contributed by atoms with E-state index in [0.717, 1.165) is 25.8 Å². The van der Waals surface area contributed by atoms with Gasteiger partial charge in [0.25, 0.3) is 5.91 Å². The summed E-state index contributed by atoms with van der Waals surface area (Å²) < 4.78 is 12.8. The molecule has 0 bridgehead atoms. The number of amides is 1. The SMILES string of the molecule is CCCCCNc1cc(C(=O)Nc2ccc(F)cc2)ccn1. The van der Waals surface area contributed by atoms with E-state index >= 15 is 0 Å². The minimum atomic E-state index is -0.333. The number of carbonyl (C=O) groups is 1. The molecule has 0 fully saturated rings. The molecule has 1 amide bonds. The maximum absolute atomic E-state index is 12.8. The molecule has 0 aliphatic rings. The molecule has 1 aromatic carbocycles. The average molecular weight is 301 g/mol. The van der Waals surface area contributed by atoms with Gasteiger partial charge >= 0.3 is 0 Å². The molecule has 2 rings (SSSR count).